The van der Waals surface area contributed by atoms with Crippen LogP contribution in [0.3, 0.4) is 0 Å². The summed E-state index contributed by atoms with van der Waals surface area (Å²) >= 11 is 3.10. The van der Waals surface area contributed by atoms with Crippen molar-refractivity contribution >= 4 is 33.3 Å². The molecule has 0 spiro atoms. The topological polar surface area (TPSA) is 79.7 Å². The predicted molar refractivity (Wildman–Crippen MR) is 100.0 cm³/mol. The van der Waals surface area contributed by atoms with Crippen molar-refractivity contribution in [1.82, 2.24) is 9.97 Å². The van der Waals surface area contributed by atoms with Gasteiger partial charge in [0.05, 0.1) is 18.6 Å². The number of rotatable bonds is 5. The lowest BCUT2D eigenvalue weighted by molar-refractivity contribution is -0.910. The molecule has 1 saturated heterocycles. The van der Waals surface area contributed by atoms with Crippen LogP contribution in [0.2, 0.25) is 0 Å². The number of nitrogens with one attached hydrogen (secondary N) is 2. The van der Waals surface area contributed by atoms with Crippen LogP contribution in [0, 0.1) is 0 Å². The number of aromatic nitrogens is 2. The van der Waals surface area contributed by atoms with Gasteiger partial charge in [-0.05, 0) is 31.2 Å². The molecule has 0 radical (unpaired) electrons. The van der Waals surface area contributed by atoms with Crippen LogP contribution in [0.1, 0.15) is 23.3 Å². The Morgan fingerprint density at radius 1 is 1.32 bits per heavy atom. The van der Waals surface area contributed by atoms with Crippen molar-refractivity contribution in [3.63, 3.8) is 0 Å². The van der Waals surface area contributed by atoms with E-state index < -0.39 is 6.10 Å². The largest absolute Gasteiger partial charge is 0.386 e. The molecule has 0 saturated carbocycles. The Kier molecular flexibility index (Phi) is 5.42. The summed E-state index contributed by atoms with van der Waals surface area (Å²) in [6, 6.07) is 0. The highest BCUT2D eigenvalue weighted by atomic mass is 32.2. The molecule has 0 amide bonds. The zero-order valence-electron chi connectivity index (χ0n) is 14.2. The van der Waals surface area contributed by atoms with Crippen LogP contribution < -0.4 is 10.5 Å². The third kappa shape index (κ3) is 3.93. The van der Waals surface area contributed by atoms with Crippen LogP contribution in [0.4, 0.5) is 0 Å². The van der Waals surface area contributed by atoms with Gasteiger partial charge in [-0.3, -0.25) is 4.79 Å². The normalized spacial score (nSPS) is 19.9. The van der Waals surface area contributed by atoms with Crippen LogP contribution >= 0.6 is 23.1 Å². The summed E-state index contributed by atoms with van der Waals surface area (Å²) in [5.74, 6) is 0.546. The van der Waals surface area contributed by atoms with Crippen molar-refractivity contribution in [2.24, 2.45) is 0 Å². The van der Waals surface area contributed by atoms with Crippen LogP contribution in [0.5, 0.6) is 0 Å². The lowest BCUT2D eigenvalue weighted by Crippen LogP contribution is -3.15. The number of thioether (sulfide) groups is 1. The minimum Gasteiger partial charge on any atom is -0.386 e. The van der Waals surface area contributed by atoms with Gasteiger partial charge in [-0.2, -0.15) is 0 Å². The van der Waals surface area contributed by atoms with Gasteiger partial charge in [0.25, 0.3) is 5.56 Å². The average Bonchev–Trinajstić information content (AvgIpc) is 2.99. The van der Waals surface area contributed by atoms with Crippen molar-refractivity contribution in [3.05, 3.63) is 20.8 Å². The second-order valence-electron chi connectivity index (χ2n) is 6.79. The summed E-state index contributed by atoms with van der Waals surface area (Å²) in [7, 11) is 0. The van der Waals surface area contributed by atoms with Gasteiger partial charge in [-0.1, -0.05) is 11.8 Å². The van der Waals surface area contributed by atoms with E-state index in [1.165, 1.54) is 33.5 Å². The van der Waals surface area contributed by atoms with Crippen LogP contribution in [0.25, 0.3) is 10.2 Å². The Balaban J connectivity index is 1.44. The molecular weight excluding hydrogens is 358 g/mol. The first kappa shape index (κ1) is 17.5. The van der Waals surface area contributed by atoms with Crippen molar-refractivity contribution in [2.75, 3.05) is 38.6 Å². The summed E-state index contributed by atoms with van der Waals surface area (Å²) in [6.07, 6.45) is 4.02. The lowest BCUT2D eigenvalue weighted by Gasteiger charge is -2.25. The molecule has 1 aliphatic heterocycles. The maximum absolute atomic E-state index is 12.5. The predicted octanol–water partition coefficient (Wildman–Crippen LogP) is 0.232. The van der Waals surface area contributed by atoms with E-state index in [0.29, 0.717) is 10.9 Å². The number of hydrogen-bond donors (Lipinski definition) is 3. The molecule has 1 atom stereocenters. The molecule has 3 heterocycles. The summed E-state index contributed by atoms with van der Waals surface area (Å²) in [5, 5.41) is 11.7. The molecule has 8 heteroatoms. The van der Waals surface area contributed by atoms with Gasteiger partial charge in [0, 0.05) is 10.6 Å². The third-order valence-corrected chi connectivity index (χ3v) is 7.14. The van der Waals surface area contributed by atoms with E-state index in [2.05, 4.69) is 9.97 Å². The van der Waals surface area contributed by atoms with Crippen LogP contribution in [0.15, 0.2) is 9.95 Å². The molecule has 25 heavy (non-hydrogen) atoms. The van der Waals surface area contributed by atoms with Crippen molar-refractivity contribution < 1.29 is 14.7 Å². The number of morpholine rings is 1. The van der Waals surface area contributed by atoms with E-state index in [-0.39, 0.29) is 5.56 Å². The number of ether oxygens (including phenoxy) is 1. The van der Waals surface area contributed by atoms with E-state index in [0.717, 1.165) is 62.3 Å². The Bertz CT molecular complexity index is 798. The number of thiophene rings is 1. The fourth-order valence-electron chi connectivity index (χ4n) is 3.64. The fourth-order valence-corrected chi connectivity index (χ4v) is 5.75. The fraction of sp³-hybridized carbons (Fsp3) is 0.647. The second kappa shape index (κ2) is 7.75. The summed E-state index contributed by atoms with van der Waals surface area (Å²) in [6.45, 7) is 4.15. The minimum atomic E-state index is -0.407. The molecule has 6 nitrogen and oxygen atoms in total. The second-order valence-corrected chi connectivity index (χ2v) is 8.89. The maximum Gasteiger partial charge on any atom is 0.260 e. The highest BCUT2D eigenvalue weighted by Crippen LogP contribution is 2.34. The first-order valence-corrected chi connectivity index (χ1v) is 10.8. The molecule has 1 aliphatic carbocycles. The number of hydrogen-bond acceptors (Lipinski definition) is 6. The smallest absolute Gasteiger partial charge is 0.260 e. The maximum atomic E-state index is 12.5. The quantitative estimate of drug-likeness (QED) is 0.510. The van der Waals surface area contributed by atoms with E-state index in [1.807, 2.05) is 0 Å². The van der Waals surface area contributed by atoms with Crippen LogP contribution in [-0.4, -0.2) is 59.8 Å². The number of aliphatic hydroxyl groups is 1. The molecule has 3 N–H and O–H groups in total. The zero-order valence-corrected chi connectivity index (χ0v) is 15.8. The van der Waals surface area contributed by atoms with Crippen LogP contribution in [-0.2, 0) is 17.6 Å². The highest BCUT2D eigenvalue weighted by Gasteiger charge is 2.21. The SMILES string of the molecule is O=c1[nH]c(SC[C@H](O)C[NH+]2CCOCC2)nc2sc3c(c12)CCCC3. The molecular formula is C17H24N3O3S2+. The number of nitrogens with zero attached hydrogens (tertiary/aromatic N) is 1. The molecule has 2 aromatic heterocycles. The first-order chi connectivity index (χ1) is 12.2. The van der Waals surface area contributed by atoms with E-state index in [1.54, 1.807) is 11.3 Å². The molecule has 2 aromatic rings. The van der Waals surface area contributed by atoms with Crippen molar-refractivity contribution in [2.45, 2.75) is 36.9 Å². The van der Waals surface area contributed by atoms with Gasteiger partial charge in [0.15, 0.2) is 5.16 Å². The zero-order chi connectivity index (χ0) is 17.2. The van der Waals surface area contributed by atoms with Gasteiger partial charge >= 0.3 is 0 Å². The Morgan fingerprint density at radius 3 is 2.96 bits per heavy atom. The molecule has 136 valence electrons. The Hall–Kier alpha value is -0.930. The molecule has 0 bridgehead atoms. The van der Waals surface area contributed by atoms with Gasteiger partial charge in [-0.25, -0.2) is 4.98 Å². The number of aliphatic hydroxyl groups excluding tert-OH is 1. The van der Waals surface area contributed by atoms with Crippen molar-refractivity contribution in [3.8, 4) is 0 Å². The van der Waals surface area contributed by atoms with E-state index >= 15 is 0 Å². The number of quaternary nitrogens is 1. The van der Waals surface area contributed by atoms with Gasteiger partial charge in [-0.15, -0.1) is 11.3 Å². The standard InChI is InChI=1S/C17H23N3O3S2/c21-11(9-20-5-7-23-8-6-20)10-24-17-18-15(22)14-12-3-1-2-4-13(12)25-16(14)19-17/h11,21H,1-10H2,(H,18,19,22)/p+1/t11-/m1/s1. The summed E-state index contributed by atoms with van der Waals surface area (Å²) in [5.41, 5.74) is 1.19. The van der Waals surface area contributed by atoms with E-state index in [4.69, 9.17) is 4.74 Å². The Morgan fingerprint density at radius 2 is 2.12 bits per heavy atom. The first-order valence-electron chi connectivity index (χ1n) is 8.97. The summed E-state index contributed by atoms with van der Waals surface area (Å²) in [4.78, 5) is 23.6. The monoisotopic (exact) mass is 382 g/mol. The van der Waals surface area contributed by atoms with Gasteiger partial charge < -0.3 is 19.7 Å². The number of aromatic amines is 1. The molecule has 0 unspecified atom stereocenters. The number of H-pyrrole nitrogens is 1. The molecule has 0 aromatic carbocycles. The van der Waals surface area contributed by atoms with E-state index in [9.17, 15) is 9.90 Å². The van der Waals surface area contributed by atoms with Gasteiger partial charge in [0.2, 0.25) is 0 Å². The summed E-state index contributed by atoms with van der Waals surface area (Å²) < 4.78 is 5.34. The molecule has 4 rings (SSSR count). The van der Waals surface area contributed by atoms with Crippen molar-refractivity contribution in [1.29, 1.82) is 0 Å². The number of aryl methyl sites for hydroxylation is 2. The Labute approximate surface area is 154 Å². The third-order valence-electron chi connectivity index (χ3n) is 4.94. The van der Waals surface area contributed by atoms with Gasteiger partial charge in [0.1, 0.15) is 30.6 Å². The lowest BCUT2D eigenvalue weighted by atomic mass is 9.97. The molecule has 1 fully saturated rings. The average molecular weight is 383 g/mol. The minimum absolute atomic E-state index is 0.0276. The molecule has 2 aliphatic rings. The number of fused-ring (bicyclic) bond motifs is 3. The highest BCUT2D eigenvalue weighted by molar-refractivity contribution is 7.99.